The van der Waals surface area contributed by atoms with Crippen molar-refractivity contribution in [1.29, 1.82) is 0 Å². The molecule has 0 N–H and O–H groups in total. The van der Waals surface area contributed by atoms with Crippen molar-refractivity contribution in [3.05, 3.63) is 21.9 Å². The quantitative estimate of drug-likeness (QED) is 0.610. The van der Waals surface area contributed by atoms with Crippen LogP contribution in [-0.2, 0) is 10.1 Å². The van der Waals surface area contributed by atoms with E-state index in [9.17, 15) is 4.79 Å². The first kappa shape index (κ1) is 11.7. The van der Waals surface area contributed by atoms with E-state index < -0.39 is 5.60 Å². The van der Waals surface area contributed by atoms with Gasteiger partial charge in [0.2, 0.25) is 0 Å². The Morgan fingerprint density at radius 2 is 2.21 bits per heavy atom. The summed E-state index contributed by atoms with van der Waals surface area (Å²) in [5, 5.41) is 2.58. The zero-order valence-corrected chi connectivity index (χ0v) is 10.9. The Labute approximate surface area is 96.4 Å². The van der Waals surface area contributed by atoms with E-state index in [2.05, 4.69) is 15.9 Å². The first-order valence-corrected chi connectivity index (χ1v) is 6.30. The number of ether oxygens (including phenoxy) is 1. The number of hydrogen-bond donors (Lipinski definition) is 0. The highest BCUT2D eigenvalue weighted by Crippen LogP contribution is 2.22. The molecule has 0 saturated heterocycles. The van der Waals surface area contributed by atoms with Gasteiger partial charge in [-0.05, 0) is 37.8 Å². The lowest BCUT2D eigenvalue weighted by Crippen LogP contribution is -2.23. The summed E-state index contributed by atoms with van der Waals surface area (Å²) in [6.07, 6.45) is 0. The van der Waals surface area contributed by atoms with E-state index in [0.717, 1.165) is 5.56 Å². The molecule has 1 aromatic heterocycles. The largest absolute Gasteiger partial charge is 0.456 e. The zero-order valence-electron chi connectivity index (χ0n) is 8.46. The fraction of sp³-hybridized carbons (Fsp3) is 0.500. The maximum absolute atomic E-state index is 11.7. The second-order valence-electron chi connectivity index (χ2n) is 3.91. The highest BCUT2D eigenvalue weighted by Gasteiger charge is 2.20. The summed E-state index contributed by atoms with van der Waals surface area (Å²) >= 11 is 4.75. The normalized spacial score (nSPS) is 11.4. The number of esters is 1. The minimum atomic E-state index is -0.426. The molecule has 14 heavy (non-hydrogen) atoms. The van der Waals surface area contributed by atoms with Gasteiger partial charge in [-0.2, -0.15) is 0 Å². The van der Waals surface area contributed by atoms with Crippen molar-refractivity contribution in [2.75, 3.05) is 0 Å². The summed E-state index contributed by atoms with van der Waals surface area (Å²) < 4.78 is 5.28. The predicted octanol–water partition coefficient (Wildman–Crippen LogP) is 3.60. The van der Waals surface area contributed by atoms with E-state index in [4.69, 9.17) is 4.74 Å². The molecule has 0 aliphatic carbocycles. The van der Waals surface area contributed by atoms with Crippen LogP contribution < -0.4 is 0 Å². The van der Waals surface area contributed by atoms with Crippen LogP contribution in [0.2, 0.25) is 0 Å². The minimum Gasteiger partial charge on any atom is -0.456 e. The van der Waals surface area contributed by atoms with Gasteiger partial charge in [0.05, 0.1) is 0 Å². The molecule has 1 rings (SSSR count). The molecule has 2 nitrogen and oxygen atoms in total. The molecule has 1 aromatic rings. The molecular formula is C10H13BrO2S. The lowest BCUT2D eigenvalue weighted by molar-refractivity contribution is 0.00745. The summed E-state index contributed by atoms with van der Waals surface area (Å²) in [7, 11) is 0. The van der Waals surface area contributed by atoms with Gasteiger partial charge < -0.3 is 4.74 Å². The fourth-order valence-corrected chi connectivity index (χ4v) is 2.40. The Hall–Kier alpha value is -0.350. The zero-order chi connectivity index (χ0) is 10.8. The standard InChI is InChI=1S/C10H13BrO2S/c1-10(2,3)13-9(12)8-7(6-11)4-5-14-8/h4-5H,6H2,1-3H3. The van der Waals surface area contributed by atoms with Crippen molar-refractivity contribution < 1.29 is 9.53 Å². The third-order valence-corrected chi connectivity index (χ3v) is 3.02. The van der Waals surface area contributed by atoms with Gasteiger partial charge in [-0.1, -0.05) is 15.9 Å². The maximum atomic E-state index is 11.7. The van der Waals surface area contributed by atoms with Crippen LogP contribution in [0.5, 0.6) is 0 Å². The lowest BCUT2D eigenvalue weighted by Gasteiger charge is -2.19. The van der Waals surface area contributed by atoms with Crippen molar-refractivity contribution in [2.24, 2.45) is 0 Å². The molecule has 0 aliphatic rings. The van der Waals surface area contributed by atoms with Gasteiger partial charge in [0.25, 0.3) is 0 Å². The Kier molecular flexibility index (Phi) is 3.72. The number of hydrogen-bond acceptors (Lipinski definition) is 3. The maximum Gasteiger partial charge on any atom is 0.349 e. The average Bonchev–Trinajstić information content (AvgIpc) is 2.47. The lowest BCUT2D eigenvalue weighted by atomic mass is 10.2. The summed E-state index contributed by atoms with van der Waals surface area (Å²) in [4.78, 5) is 12.4. The van der Waals surface area contributed by atoms with Crippen LogP contribution in [0, 0.1) is 0 Å². The van der Waals surface area contributed by atoms with Crippen LogP contribution in [-0.4, -0.2) is 11.6 Å². The van der Waals surface area contributed by atoms with E-state index >= 15 is 0 Å². The predicted molar refractivity (Wildman–Crippen MR) is 62.1 cm³/mol. The van der Waals surface area contributed by atoms with Crippen molar-refractivity contribution in [2.45, 2.75) is 31.7 Å². The highest BCUT2D eigenvalue weighted by atomic mass is 79.9. The van der Waals surface area contributed by atoms with Crippen LogP contribution in [0.15, 0.2) is 11.4 Å². The second-order valence-corrected chi connectivity index (χ2v) is 5.39. The third kappa shape index (κ3) is 3.10. The topological polar surface area (TPSA) is 26.3 Å². The third-order valence-electron chi connectivity index (χ3n) is 1.48. The number of halogens is 1. The van der Waals surface area contributed by atoms with E-state index in [1.54, 1.807) is 0 Å². The number of carbonyl (C=O) groups excluding carboxylic acids is 1. The first-order chi connectivity index (χ1) is 6.44. The summed E-state index contributed by atoms with van der Waals surface area (Å²) in [5.74, 6) is -0.234. The Morgan fingerprint density at radius 1 is 1.57 bits per heavy atom. The molecule has 0 atom stereocenters. The van der Waals surface area contributed by atoms with Crippen molar-refractivity contribution in [3.63, 3.8) is 0 Å². The van der Waals surface area contributed by atoms with E-state index in [1.807, 2.05) is 32.2 Å². The molecule has 0 aliphatic heterocycles. The summed E-state index contributed by atoms with van der Waals surface area (Å²) in [5.41, 5.74) is 0.564. The second kappa shape index (κ2) is 4.45. The van der Waals surface area contributed by atoms with Crippen molar-refractivity contribution in [3.8, 4) is 0 Å². The molecule has 0 unspecified atom stereocenters. The van der Waals surface area contributed by atoms with Crippen molar-refractivity contribution >= 4 is 33.2 Å². The monoisotopic (exact) mass is 276 g/mol. The molecular weight excluding hydrogens is 264 g/mol. The van der Waals surface area contributed by atoms with Gasteiger partial charge in [0.15, 0.2) is 0 Å². The van der Waals surface area contributed by atoms with Gasteiger partial charge in [0.1, 0.15) is 10.5 Å². The molecule has 0 spiro atoms. The average molecular weight is 277 g/mol. The SMILES string of the molecule is CC(C)(C)OC(=O)c1sccc1CBr. The molecule has 1 heterocycles. The highest BCUT2D eigenvalue weighted by molar-refractivity contribution is 9.08. The van der Waals surface area contributed by atoms with Crippen LogP contribution in [0.1, 0.15) is 36.0 Å². The van der Waals surface area contributed by atoms with Gasteiger partial charge >= 0.3 is 5.97 Å². The molecule has 0 bridgehead atoms. The van der Waals surface area contributed by atoms with E-state index in [-0.39, 0.29) is 5.97 Å². The smallest absolute Gasteiger partial charge is 0.349 e. The number of rotatable bonds is 2. The first-order valence-electron chi connectivity index (χ1n) is 4.30. The van der Waals surface area contributed by atoms with Gasteiger partial charge in [-0.15, -0.1) is 11.3 Å². The van der Waals surface area contributed by atoms with Gasteiger partial charge in [-0.3, -0.25) is 0 Å². The summed E-state index contributed by atoms with van der Waals surface area (Å²) in [6, 6.07) is 1.93. The Morgan fingerprint density at radius 3 is 2.71 bits per heavy atom. The summed E-state index contributed by atoms with van der Waals surface area (Å²) in [6.45, 7) is 5.60. The molecule has 0 radical (unpaired) electrons. The van der Waals surface area contributed by atoms with Gasteiger partial charge in [-0.25, -0.2) is 4.79 Å². The van der Waals surface area contributed by atoms with Gasteiger partial charge in [0, 0.05) is 5.33 Å². The Bertz CT molecular complexity index is 325. The molecule has 78 valence electrons. The van der Waals surface area contributed by atoms with Crippen LogP contribution in [0.25, 0.3) is 0 Å². The van der Waals surface area contributed by atoms with Crippen molar-refractivity contribution in [1.82, 2.24) is 0 Å². The number of alkyl halides is 1. The number of carbonyl (C=O) groups is 1. The van der Waals surface area contributed by atoms with Crippen LogP contribution in [0.4, 0.5) is 0 Å². The van der Waals surface area contributed by atoms with Crippen LogP contribution in [0.3, 0.4) is 0 Å². The molecule has 0 aromatic carbocycles. The molecule has 0 amide bonds. The molecule has 0 fully saturated rings. The Balaban J connectivity index is 2.80. The molecule has 0 saturated carbocycles. The minimum absolute atomic E-state index is 0.234. The fourth-order valence-electron chi connectivity index (χ4n) is 0.944. The van der Waals surface area contributed by atoms with Crippen LogP contribution >= 0.6 is 27.3 Å². The van der Waals surface area contributed by atoms with E-state index in [0.29, 0.717) is 10.2 Å². The van der Waals surface area contributed by atoms with E-state index in [1.165, 1.54) is 11.3 Å². The molecule has 4 heteroatoms. The number of thiophene rings is 1.